The molecule has 0 aromatic carbocycles. The van der Waals surface area contributed by atoms with Gasteiger partial charge in [0.25, 0.3) is 0 Å². The number of carbonyl (C=O) groups is 1. The topological polar surface area (TPSA) is 55.8 Å². The average Bonchev–Trinajstić information content (AvgIpc) is 2.40. The van der Waals surface area contributed by atoms with Gasteiger partial charge in [0.1, 0.15) is 18.3 Å². The molecule has 0 atom stereocenters. The molecule has 0 amide bonds. The summed E-state index contributed by atoms with van der Waals surface area (Å²) in [6.07, 6.45) is 12.5. The van der Waals surface area contributed by atoms with E-state index in [4.69, 9.17) is 14.6 Å². The highest BCUT2D eigenvalue weighted by molar-refractivity contribution is 5.66. The number of allylic oxidation sites excluding steroid dienone is 5. The lowest BCUT2D eigenvalue weighted by atomic mass is 10.0. The summed E-state index contributed by atoms with van der Waals surface area (Å²) in [6, 6.07) is 0. The summed E-state index contributed by atoms with van der Waals surface area (Å²) in [4.78, 5) is 10.4. The zero-order valence-electron chi connectivity index (χ0n) is 10.1. The van der Waals surface area contributed by atoms with Gasteiger partial charge in [-0.25, -0.2) is 0 Å². The molecule has 0 bridgehead atoms. The lowest BCUT2D eigenvalue weighted by molar-refractivity contribution is -0.137. The molecule has 0 aromatic heterocycles. The van der Waals surface area contributed by atoms with E-state index in [2.05, 4.69) is 6.08 Å². The number of aliphatic carboxylic acids is 1. The van der Waals surface area contributed by atoms with Gasteiger partial charge in [-0.15, -0.1) is 0 Å². The van der Waals surface area contributed by atoms with E-state index < -0.39 is 5.97 Å². The molecule has 0 saturated heterocycles. The van der Waals surface area contributed by atoms with E-state index in [1.54, 1.807) is 6.26 Å². The molecule has 2 rings (SSSR count). The molecular weight excluding hydrogens is 232 g/mol. The third-order valence-corrected chi connectivity index (χ3v) is 2.76. The second-order valence-electron chi connectivity index (χ2n) is 4.21. The Labute approximate surface area is 106 Å². The van der Waals surface area contributed by atoms with Gasteiger partial charge in [0, 0.05) is 12.8 Å². The summed E-state index contributed by atoms with van der Waals surface area (Å²) >= 11 is 0. The molecule has 1 aliphatic heterocycles. The van der Waals surface area contributed by atoms with Crippen molar-refractivity contribution in [3.05, 3.63) is 47.8 Å². The van der Waals surface area contributed by atoms with Crippen molar-refractivity contribution in [1.82, 2.24) is 0 Å². The van der Waals surface area contributed by atoms with Crippen molar-refractivity contribution in [2.45, 2.75) is 32.1 Å². The van der Waals surface area contributed by atoms with Gasteiger partial charge in [-0.3, -0.25) is 4.79 Å². The molecule has 96 valence electrons. The van der Waals surface area contributed by atoms with E-state index in [-0.39, 0.29) is 6.42 Å². The standard InChI is InChI=1S/C14H16O4/c15-14(16)8-4-7-12-9-17-10-13(18-12)11-5-2-1-3-6-11/h1-2,5,9-10H,3-4,6-8H2,(H,15,16). The molecule has 1 heterocycles. The quantitative estimate of drug-likeness (QED) is 0.811. The first-order valence-electron chi connectivity index (χ1n) is 6.06. The maximum absolute atomic E-state index is 10.4. The summed E-state index contributed by atoms with van der Waals surface area (Å²) < 4.78 is 11.0. The highest BCUT2D eigenvalue weighted by Crippen LogP contribution is 2.27. The molecule has 0 unspecified atom stereocenters. The maximum atomic E-state index is 10.4. The van der Waals surface area contributed by atoms with Gasteiger partial charge < -0.3 is 14.6 Å². The SMILES string of the molecule is O=C(O)CCCC1=COC=C(C2=CC=CCC2)O1. The molecule has 0 radical (unpaired) electrons. The smallest absolute Gasteiger partial charge is 0.303 e. The second-order valence-corrected chi connectivity index (χ2v) is 4.21. The fourth-order valence-electron chi connectivity index (χ4n) is 1.83. The molecule has 18 heavy (non-hydrogen) atoms. The first-order valence-corrected chi connectivity index (χ1v) is 6.06. The lowest BCUT2D eigenvalue weighted by Gasteiger charge is -2.19. The van der Waals surface area contributed by atoms with Crippen LogP contribution in [0.1, 0.15) is 32.1 Å². The largest absolute Gasteiger partial charge is 0.481 e. The Bertz CT molecular complexity index is 441. The monoisotopic (exact) mass is 248 g/mol. The van der Waals surface area contributed by atoms with Crippen LogP contribution < -0.4 is 0 Å². The van der Waals surface area contributed by atoms with Crippen LogP contribution in [0.3, 0.4) is 0 Å². The van der Waals surface area contributed by atoms with Crippen molar-refractivity contribution in [2.24, 2.45) is 0 Å². The second kappa shape index (κ2) is 6.10. The zero-order valence-corrected chi connectivity index (χ0v) is 10.1. The number of rotatable bonds is 5. The van der Waals surface area contributed by atoms with Crippen molar-refractivity contribution < 1.29 is 19.4 Å². The van der Waals surface area contributed by atoms with E-state index in [0.29, 0.717) is 18.6 Å². The summed E-state index contributed by atoms with van der Waals surface area (Å²) in [6.45, 7) is 0. The molecule has 0 spiro atoms. The fourth-order valence-corrected chi connectivity index (χ4v) is 1.83. The number of ether oxygens (including phenoxy) is 2. The van der Waals surface area contributed by atoms with Gasteiger partial charge >= 0.3 is 5.97 Å². The minimum Gasteiger partial charge on any atom is -0.481 e. The van der Waals surface area contributed by atoms with E-state index >= 15 is 0 Å². The van der Waals surface area contributed by atoms with Gasteiger partial charge in [-0.2, -0.15) is 0 Å². The van der Waals surface area contributed by atoms with Crippen molar-refractivity contribution in [3.8, 4) is 0 Å². The minimum absolute atomic E-state index is 0.144. The van der Waals surface area contributed by atoms with Crippen LogP contribution in [-0.2, 0) is 14.3 Å². The third-order valence-electron chi connectivity index (χ3n) is 2.76. The minimum atomic E-state index is -0.789. The van der Waals surface area contributed by atoms with Gasteiger partial charge in [-0.05, 0) is 24.8 Å². The Kier molecular flexibility index (Phi) is 4.23. The van der Waals surface area contributed by atoms with Crippen molar-refractivity contribution in [3.63, 3.8) is 0 Å². The number of carboxylic acid groups (broad SMARTS) is 1. The van der Waals surface area contributed by atoms with Crippen LogP contribution in [0.15, 0.2) is 47.8 Å². The molecule has 1 aliphatic carbocycles. The van der Waals surface area contributed by atoms with E-state index in [9.17, 15) is 4.79 Å². The third kappa shape index (κ3) is 3.52. The Morgan fingerprint density at radius 1 is 1.39 bits per heavy atom. The molecule has 2 aliphatic rings. The Morgan fingerprint density at radius 2 is 2.28 bits per heavy atom. The molecule has 0 saturated carbocycles. The molecule has 0 fully saturated rings. The van der Waals surface area contributed by atoms with Crippen LogP contribution >= 0.6 is 0 Å². The van der Waals surface area contributed by atoms with Gasteiger partial charge in [0.2, 0.25) is 0 Å². The summed E-state index contributed by atoms with van der Waals surface area (Å²) in [7, 11) is 0. The average molecular weight is 248 g/mol. The van der Waals surface area contributed by atoms with Crippen LogP contribution in [0, 0.1) is 0 Å². The zero-order chi connectivity index (χ0) is 12.8. The Balaban J connectivity index is 1.86. The fraction of sp³-hybridized carbons (Fsp3) is 0.357. The van der Waals surface area contributed by atoms with Crippen molar-refractivity contribution in [2.75, 3.05) is 0 Å². The number of hydrogen-bond acceptors (Lipinski definition) is 3. The molecule has 4 nitrogen and oxygen atoms in total. The van der Waals surface area contributed by atoms with E-state index in [1.807, 2.05) is 12.2 Å². The highest BCUT2D eigenvalue weighted by atomic mass is 16.5. The first-order chi connectivity index (χ1) is 8.75. The van der Waals surface area contributed by atoms with Gasteiger partial charge in [0.05, 0.1) is 0 Å². The van der Waals surface area contributed by atoms with Crippen LogP contribution in [0.4, 0.5) is 0 Å². The number of hydrogen-bond donors (Lipinski definition) is 1. The molecule has 1 N–H and O–H groups in total. The summed E-state index contributed by atoms with van der Waals surface area (Å²) in [5.74, 6) is 0.625. The Morgan fingerprint density at radius 3 is 3.00 bits per heavy atom. The van der Waals surface area contributed by atoms with Crippen LogP contribution in [-0.4, -0.2) is 11.1 Å². The first kappa shape index (κ1) is 12.5. The Hall–Kier alpha value is -1.97. The normalized spacial score (nSPS) is 18.1. The highest BCUT2D eigenvalue weighted by Gasteiger charge is 2.15. The van der Waals surface area contributed by atoms with Crippen molar-refractivity contribution >= 4 is 5.97 Å². The van der Waals surface area contributed by atoms with Crippen molar-refractivity contribution in [1.29, 1.82) is 0 Å². The van der Waals surface area contributed by atoms with E-state index in [1.165, 1.54) is 6.26 Å². The predicted molar refractivity (Wildman–Crippen MR) is 66.3 cm³/mol. The van der Waals surface area contributed by atoms with Crippen LogP contribution in [0.5, 0.6) is 0 Å². The summed E-state index contributed by atoms with van der Waals surface area (Å²) in [5, 5.41) is 8.58. The van der Waals surface area contributed by atoms with Gasteiger partial charge in [-0.1, -0.05) is 18.2 Å². The molecule has 4 heteroatoms. The maximum Gasteiger partial charge on any atom is 0.303 e. The molecular formula is C14H16O4. The van der Waals surface area contributed by atoms with E-state index in [0.717, 1.165) is 24.2 Å². The van der Waals surface area contributed by atoms with Gasteiger partial charge in [0.15, 0.2) is 5.76 Å². The number of carboxylic acids is 1. The summed E-state index contributed by atoms with van der Waals surface area (Å²) in [5.41, 5.74) is 1.11. The van der Waals surface area contributed by atoms with Crippen LogP contribution in [0.2, 0.25) is 0 Å². The predicted octanol–water partition coefficient (Wildman–Crippen LogP) is 3.25. The van der Waals surface area contributed by atoms with Crippen LogP contribution in [0.25, 0.3) is 0 Å². The lowest BCUT2D eigenvalue weighted by Crippen LogP contribution is -2.04. The molecule has 0 aromatic rings.